The molecule has 88 valence electrons. The zero-order valence-corrected chi connectivity index (χ0v) is 10.3. The fraction of sp³-hybridized carbons (Fsp3) is 0.385. The van der Waals surface area contributed by atoms with Gasteiger partial charge in [0.2, 0.25) is 0 Å². The van der Waals surface area contributed by atoms with Crippen LogP contribution in [0, 0.1) is 18.8 Å². The zero-order chi connectivity index (χ0) is 12.0. The quantitative estimate of drug-likeness (QED) is 0.907. The van der Waals surface area contributed by atoms with E-state index in [9.17, 15) is 4.79 Å². The molecule has 2 unspecified atom stereocenters. The molecule has 3 rings (SSSR count). The number of nitrogens with zero attached hydrogens (tertiary/aromatic N) is 1. The fourth-order valence-corrected chi connectivity index (χ4v) is 3.18. The molecular formula is C13H13NO2S. The van der Waals surface area contributed by atoms with Gasteiger partial charge in [-0.1, -0.05) is 6.07 Å². The summed E-state index contributed by atoms with van der Waals surface area (Å²) < 4.78 is 1.20. The first-order chi connectivity index (χ1) is 8.13. The van der Waals surface area contributed by atoms with Crippen LogP contribution in [0.2, 0.25) is 0 Å². The molecule has 2 aromatic rings. The molecule has 1 heterocycles. The number of rotatable bonds is 3. The van der Waals surface area contributed by atoms with Gasteiger partial charge in [0, 0.05) is 0 Å². The highest BCUT2D eigenvalue weighted by atomic mass is 32.1. The molecule has 1 aliphatic carbocycles. The summed E-state index contributed by atoms with van der Waals surface area (Å²) in [6.07, 6.45) is 1.71. The van der Waals surface area contributed by atoms with Crippen LogP contribution in [0.5, 0.6) is 0 Å². The standard InChI is InChI=1S/C13H13NO2S/c1-7-14-11-3-2-8(5-12(11)17-7)4-9-6-10(9)13(15)16/h2-3,5,9-10H,4,6H2,1H3,(H,15,16). The van der Waals surface area contributed by atoms with Crippen LogP contribution in [0.3, 0.4) is 0 Å². The van der Waals surface area contributed by atoms with E-state index in [1.165, 1.54) is 10.3 Å². The Bertz CT molecular complexity index is 590. The lowest BCUT2D eigenvalue weighted by molar-refractivity contribution is -0.138. The van der Waals surface area contributed by atoms with Crippen molar-refractivity contribution in [3.63, 3.8) is 0 Å². The van der Waals surface area contributed by atoms with Crippen LogP contribution >= 0.6 is 11.3 Å². The molecule has 1 aromatic carbocycles. The Balaban J connectivity index is 1.80. The predicted molar refractivity (Wildman–Crippen MR) is 67.3 cm³/mol. The van der Waals surface area contributed by atoms with Crippen molar-refractivity contribution in [2.75, 3.05) is 0 Å². The number of carboxylic acid groups (broad SMARTS) is 1. The molecule has 0 amide bonds. The van der Waals surface area contributed by atoms with Gasteiger partial charge in [0.25, 0.3) is 0 Å². The Kier molecular flexibility index (Phi) is 2.40. The molecule has 2 atom stereocenters. The summed E-state index contributed by atoms with van der Waals surface area (Å²) >= 11 is 1.69. The Labute approximate surface area is 103 Å². The van der Waals surface area contributed by atoms with Crippen LogP contribution in [0.15, 0.2) is 18.2 Å². The van der Waals surface area contributed by atoms with E-state index in [1.54, 1.807) is 11.3 Å². The Morgan fingerprint density at radius 1 is 1.59 bits per heavy atom. The van der Waals surface area contributed by atoms with Crippen LogP contribution in [0.4, 0.5) is 0 Å². The van der Waals surface area contributed by atoms with Crippen molar-refractivity contribution < 1.29 is 9.90 Å². The number of benzene rings is 1. The lowest BCUT2D eigenvalue weighted by Crippen LogP contribution is -2.00. The second-order valence-corrected chi connectivity index (χ2v) is 5.91. The SMILES string of the molecule is Cc1nc2ccc(CC3CC3C(=O)O)cc2s1. The molecule has 0 bridgehead atoms. The first kappa shape index (κ1) is 10.7. The molecule has 1 fully saturated rings. The van der Waals surface area contributed by atoms with E-state index >= 15 is 0 Å². The number of hydrogen-bond donors (Lipinski definition) is 1. The lowest BCUT2D eigenvalue weighted by Gasteiger charge is -1.99. The van der Waals surface area contributed by atoms with Gasteiger partial charge < -0.3 is 5.11 Å². The van der Waals surface area contributed by atoms with Gasteiger partial charge in [0.1, 0.15) is 0 Å². The minimum absolute atomic E-state index is 0.117. The van der Waals surface area contributed by atoms with E-state index in [0.717, 1.165) is 23.4 Å². The van der Waals surface area contributed by atoms with Gasteiger partial charge in [0.05, 0.1) is 21.1 Å². The third-order valence-electron chi connectivity index (χ3n) is 3.30. The number of carboxylic acids is 1. The predicted octanol–water partition coefficient (Wildman–Crippen LogP) is 2.87. The molecule has 1 N–H and O–H groups in total. The monoisotopic (exact) mass is 247 g/mol. The summed E-state index contributed by atoms with van der Waals surface area (Å²) in [6.45, 7) is 2.01. The van der Waals surface area contributed by atoms with Gasteiger partial charge in [-0.2, -0.15) is 0 Å². The molecule has 1 aromatic heterocycles. The van der Waals surface area contributed by atoms with Crippen LogP contribution < -0.4 is 0 Å². The summed E-state index contributed by atoms with van der Waals surface area (Å²) in [5.41, 5.74) is 2.27. The summed E-state index contributed by atoms with van der Waals surface area (Å²) in [7, 11) is 0. The summed E-state index contributed by atoms with van der Waals surface area (Å²) in [5.74, 6) is -0.433. The Morgan fingerprint density at radius 3 is 3.12 bits per heavy atom. The van der Waals surface area contributed by atoms with Crippen molar-refractivity contribution in [3.8, 4) is 0 Å². The lowest BCUT2D eigenvalue weighted by atomic mass is 10.1. The number of aryl methyl sites for hydroxylation is 1. The molecule has 0 aliphatic heterocycles. The highest BCUT2D eigenvalue weighted by Crippen LogP contribution is 2.41. The van der Waals surface area contributed by atoms with E-state index in [-0.39, 0.29) is 5.92 Å². The molecule has 17 heavy (non-hydrogen) atoms. The average molecular weight is 247 g/mol. The molecule has 0 radical (unpaired) electrons. The highest BCUT2D eigenvalue weighted by Gasteiger charge is 2.42. The molecule has 0 saturated heterocycles. The molecule has 0 spiro atoms. The maximum absolute atomic E-state index is 10.8. The number of fused-ring (bicyclic) bond motifs is 1. The molecule has 3 nitrogen and oxygen atoms in total. The third-order valence-corrected chi connectivity index (χ3v) is 4.23. The Morgan fingerprint density at radius 2 is 2.41 bits per heavy atom. The van der Waals surface area contributed by atoms with Crippen LogP contribution in [-0.2, 0) is 11.2 Å². The van der Waals surface area contributed by atoms with Gasteiger partial charge in [-0.05, 0) is 43.4 Å². The molecule has 4 heteroatoms. The van der Waals surface area contributed by atoms with E-state index < -0.39 is 5.97 Å². The number of hydrogen-bond acceptors (Lipinski definition) is 3. The van der Waals surface area contributed by atoms with E-state index in [2.05, 4.69) is 17.1 Å². The molecule has 1 aliphatic rings. The number of aliphatic carboxylic acids is 1. The minimum Gasteiger partial charge on any atom is -0.481 e. The van der Waals surface area contributed by atoms with Gasteiger partial charge in [-0.25, -0.2) is 4.98 Å². The van der Waals surface area contributed by atoms with E-state index in [0.29, 0.717) is 5.92 Å². The van der Waals surface area contributed by atoms with E-state index in [4.69, 9.17) is 5.11 Å². The molecular weight excluding hydrogens is 234 g/mol. The summed E-state index contributed by atoms with van der Waals surface area (Å²) in [5, 5.41) is 9.94. The van der Waals surface area contributed by atoms with Crippen molar-refractivity contribution in [1.82, 2.24) is 4.98 Å². The third kappa shape index (κ3) is 2.05. The van der Waals surface area contributed by atoms with Gasteiger partial charge in [0.15, 0.2) is 0 Å². The van der Waals surface area contributed by atoms with Gasteiger partial charge >= 0.3 is 5.97 Å². The number of carbonyl (C=O) groups is 1. The van der Waals surface area contributed by atoms with Crippen molar-refractivity contribution in [1.29, 1.82) is 0 Å². The average Bonchev–Trinajstić information content (AvgIpc) is 2.92. The summed E-state index contributed by atoms with van der Waals surface area (Å²) in [6, 6.07) is 6.25. The first-order valence-electron chi connectivity index (χ1n) is 5.72. The van der Waals surface area contributed by atoms with Crippen molar-refractivity contribution in [2.24, 2.45) is 11.8 Å². The summed E-state index contributed by atoms with van der Waals surface area (Å²) in [4.78, 5) is 15.2. The zero-order valence-electron chi connectivity index (χ0n) is 9.51. The largest absolute Gasteiger partial charge is 0.481 e. The van der Waals surface area contributed by atoms with Crippen LogP contribution in [0.1, 0.15) is 17.0 Å². The topological polar surface area (TPSA) is 50.2 Å². The van der Waals surface area contributed by atoms with Crippen molar-refractivity contribution in [3.05, 3.63) is 28.8 Å². The van der Waals surface area contributed by atoms with Crippen molar-refractivity contribution >= 4 is 27.5 Å². The van der Waals surface area contributed by atoms with Gasteiger partial charge in [-0.3, -0.25) is 4.79 Å². The molecule has 1 saturated carbocycles. The van der Waals surface area contributed by atoms with Crippen LogP contribution in [-0.4, -0.2) is 16.1 Å². The first-order valence-corrected chi connectivity index (χ1v) is 6.54. The number of thiazole rings is 1. The Hall–Kier alpha value is -1.42. The van der Waals surface area contributed by atoms with Crippen molar-refractivity contribution in [2.45, 2.75) is 19.8 Å². The smallest absolute Gasteiger partial charge is 0.306 e. The maximum Gasteiger partial charge on any atom is 0.306 e. The second kappa shape index (κ2) is 3.81. The fourth-order valence-electron chi connectivity index (χ4n) is 2.29. The van der Waals surface area contributed by atoms with E-state index in [1.807, 2.05) is 13.0 Å². The maximum atomic E-state index is 10.8. The minimum atomic E-state index is -0.648. The van der Waals surface area contributed by atoms with Gasteiger partial charge in [-0.15, -0.1) is 11.3 Å². The second-order valence-electron chi connectivity index (χ2n) is 4.68. The highest BCUT2D eigenvalue weighted by molar-refractivity contribution is 7.18. The van der Waals surface area contributed by atoms with Crippen LogP contribution in [0.25, 0.3) is 10.2 Å². The normalized spacial score (nSPS) is 22.9. The number of aromatic nitrogens is 1.